The molecule has 0 atom stereocenters. The van der Waals surface area contributed by atoms with Crippen LogP contribution in [0.1, 0.15) is 32.6 Å². The number of amides is 2. The molecule has 2 amide bonds. The summed E-state index contributed by atoms with van der Waals surface area (Å²) in [4.78, 5) is 21.5. The van der Waals surface area contributed by atoms with Crippen molar-refractivity contribution in [1.82, 2.24) is 19.8 Å². The Labute approximate surface area is 148 Å². The lowest BCUT2D eigenvalue weighted by molar-refractivity contribution is 0.190. The zero-order valence-electron chi connectivity index (χ0n) is 14.9. The molecule has 25 heavy (non-hydrogen) atoms. The fourth-order valence-corrected chi connectivity index (χ4v) is 4.06. The topological polar surface area (TPSA) is 53.4 Å². The van der Waals surface area contributed by atoms with E-state index in [1.807, 2.05) is 11.0 Å². The molecule has 0 spiro atoms. The Kier molecular flexibility index (Phi) is 4.51. The Morgan fingerprint density at radius 2 is 1.88 bits per heavy atom. The smallest absolute Gasteiger partial charge is 0.317 e. The third-order valence-electron chi connectivity index (χ3n) is 5.48. The van der Waals surface area contributed by atoms with E-state index in [9.17, 15) is 4.79 Å². The zero-order valence-corrected chi connectivity index (χ0v) is 14.9. The van der Waals surface area contributed by atoms with E-state index >= 15 is 0 Å². The van der Waals surface area contributed by atoms with Crippen LogP contribution in [0.15, 0.2) is 24.3 Å². The number of anilines is 1. The Bertz CT molecular complexity index is 741. The number of rotatable bonds is 3. The molecule has 1 N–H and O–H groups in total. The molecule has 2 heterocycles. The molecule has 1 saturated carbocycles. The number of carbonyl (C=O) groups is 1. The highest BCUT2D eigenvalue weighted by molar-refractivity contribution is 5.79. The number of para-hydroxylation sites is 2. The summed E-state index contributed by atoms with van der Waals surface area (Å²) < 4.78 is 2.27. The monoisotopic (exact) mass is 341 g/mol. The highest BCUT2D eigenvalue weighted by Gasteiger charge is 2.26. The van der Waals surface area contributed by atoms with Gasteiger partial charge in [0.1, 0.15) is 0 Å². The van der Waals surface area contributed by atoms with Gasteiger partial charge >= 0.3 is 6.03 Å². The van der Waals surface area contributed by atoms with Crippen molar-refractivity contribution in [2.24, 2.45) is 0 Å². The Balaban J connectivity index is 1.42. The summed E-state index contributed by atoms with van der Waals surface area (Å²) in [5.74, 6) is 1.03. The molecule has 6 heteroatoms. The first-order chi connectivity index (χ1) is 12.3. The van der Waals surface area contributed by atoms with Gasteiger partial charge in [0.05, 0.1) is 11.0 Å². The van der Waals surface area contributed by atoms with E-state index in [0.29, 0.717) is 6.04 Å². The summed E-state index contributed by atoms with van der Waals surface area (Å²) in [6.07, 6.45) is 4.75. The van der Waals surface area contributed by atoms with Crippen molar-refractivity contribution < 1.29 is 4.79 Å². The molecule has 1 aromatic carbocycles. The fourth-order valence-electron chi connectivity index (χ4n) is 4.06. The number of benzene rings is 1. The highest BCUT2D eigenvalue weighted by Crippen LogP contribution is 2.24. The number of piperazine rings is 1. The molecule has 6 nitrogen and oxygen atoms in total. The van der Waals surface area contributed by atoms with Gasteiger partial charge in [-0.15, -0.1) is 0 Å². The van der Waals surface area contributed by atoms with Crippen molar-refractivity contribution in [3.63, 3.8) is 0 Å². The van der Waals surface area contributed by atoms with Gasteiger partial charge in [0, 0.05) is 38.8 Å². The Hall–Kier alpha value is -2.24. The summed E-state index contributed by atoms with van der Waals surface area (Å²) in [6, 6.07) is 8.78. The van der Waals surface area contributed by atoms with E-state index < -0.39 is 0 Å². The van der Waals surface area contributed by atoms with Crippen molar-refractivity contribution in [2.75, 3.05) is 31.1 Å². The predicted molar refractivity (Wildman–Crippen MR) is 100.0 cm³/mol. The van der Waals surface area contributed by atoms with Crippen LogP contribution in [0.2, 0.25) is 0 Å². The second kappa shape index (κ2) is 6.94. The minimum atomic E-state index is 0.107. The van der Waals surface area contributed by atoms with Crippen molar-refractivity contribution in [3.05, 3.63) is 24.3 Å². The number of hydrogen-bond acceptors (Lipinski definition) is 3. The number of hydrogen-bond donors (Lipinski definition) is 1. The maximum absolute atomic E-state index is 12.4. The summed E-state index contributed by atoms with van der Waals surface area (Å²) in [5, 5.41) is 3.19. The van der Waals surface area contributed by atoms with Crippen LogP contribution in [0.25, 0.3) is 11.0 Å². The molecule has 4 rings (SSSR count). The molecule has 2 aromatic rings. The van der Waals surface area contributed by atoms with E-state index in [1.165, 1.54) is 18.4 Å². The van der Waals surface area contributed by atoms with Crippen LogP contribution in [-0.2, 0) is 6.54 Å². The largest absolute Gasteiger partial charge is 0.339 e. The molecule has 1 aliphatic carbocycles. The third-order valence-corrected chi connectivity index (χ3v) is 5.48. The number of urea groups is 1. The molecule has 134 valence electrons. The van der Waals surface area contributed by atoms with E-state index in [4.69, 9.17) is 4.98 Å². The van der Waals surface area contributed by atoms with Gasteiger partial charge in [-0.1, -0.05) is 25.0 Å². The molecule has 0 unspecified atom stereocenters. The van der Waals surface area contributed by atoms with Crippen LogP contribution in [0.3, 0.4) is 0 Å². The standard InChI is InChI=1S/C19H27N5O/c1-2-24-17-10-6-5-9-16(17)21-18(24)22-11-13-23(14-12-22)19(25)20-15-7-3-4-8-15/h5-6,9-10,15H,2-4,7-8,11-14H2,1H3,(H,20,25). The normalized spacial score (nSPS) is 18.9. The van der Waals surface area contributed by atoms with E-state index in [0.717, 1.165) is 57.0 Å². The molecular weight excluding hydrogens is 314 g/mol. The Morgan fingerprint density at radius 3 is 2.60 bits per heavy atom. The van der Waals surface area contributed by atoms with Crippen molar-refractivity contribution in [3.8, 4) is 0 Å². The maximum Gasteiger partial charge on any atom is 0.317 e. The van der Waals surface area contributed by atoms with Gasteiger partial charge in [-0.2, -0.15) is 0 Å². The molecule has 1 aromatic heterocycles. The summed E-state index contributed by atoms with van der Waals surface area (Å²) in [5.41, 5.74) is 2.22. The Morgan fingerprint density at radius 1 is 1.16 bits per heavy atom. The third kappa shape index (κ3) is 3.17. The second-order valence-corrected chi connectivity index (χ2v) is 7.05. The quantitative estimate of drug-likeness (QED) is 0.934. The van der Waals surface area contributed by atoms with Crippen LogP contribution in [0.5, 0.6) is 0 Å². The number of aryl methyl sites for hydroxylation is 1. The van der Waals surface area contributed by atoms with Crippen LogP contribution in [-0.4, -0.2) is 52.7 Å². The van der Waals surface area contributed by atoms with Crippen molar-refractivity contribution >= 4 is 23.0 Å². The SMILES string of the molecule is CCn1c(N2CCN(C(=O)NC3CCCC3)CC2)nc2ccccc21. The second-order valence-electron chi connectivity index (χ2n) is 7.05. The number of fused-ring (bicyclic) bond motifs is 1. The van der Waals surface area contributed by atoms with Gasteiger partial charge in [-0.25, -0.2) is 9.78 Å². The first kappa shape index (κ1) is 16.2. The predicted octanol–water partition coefficient (Wildman–Crippen LogP) is 2.83. The summed E-state index contributed by atoms with van der Waals surface area (Å²) >= 11 is 0. The van der Waals surface area contributed by atoms with E-state index in [1.54, 1.807) is 0 Å². The molecular formula is C19H27N5O. The molecule has 2 aliphatic rings. The number of nitrogens with one attached hydrogen (secondary N) is 1. The van der Waals surface area contributed by atoms with Crippen LogP contribution >= 0.6 is 0 Å². The fraction of sp³-hybridized carbons (Fsp3) is 0.579. The maximum atomic E-state index is 12.4. The van der Waals surface area contributed by atoms with Crippen molar-refractivity contribution in [2.45, 2.75) is 45.2 Å². The average molecular weight is 341 g/mol. The summed E-state index contributed by atoms with van der Waals surface area (Å²) in [6.45, 7) is 6.24. The van der Waals surface area contributed by atoms with Gasteiger partial charge < -0.3 is 19.7 Å². The lowest BCUT2D eigenvalue weighted by Gasteiger charge is -2.36. The number of nitrogens with zero attached hydrogens (tertiary/aromatic N) is 4. The number of aromatic nitrogens is 2. The van der Waals surface area contributed by atoms with E-state index in [2.05, 4.69) is 39.9 Å². The summed E-state index contributed by atoms with van der Waals surface area (Å²) in [7, 11) is 0. The van der Waals surface area contributed by atoms with Gasteiger partial charge in [-0.05, 0) is 31.9 Å². The first-order valence-corrected chi connectivity index (χ1v) is 9.52. The van der Waals surface area contributed by atoms with E-state index in [-0.39, 0.29) is 6.03 Å². The minimum absolute atomic E-state index is 0.107. The molecule has 1 aliphatic heterocycles. The van der Waals surface area contributed by atoms with Crippen molar-refractivity contribution in [1.29, 1.82) is 0 Å². The molecule has 0 bridgehead atoms. The average Bonchev–Trinajstić information content (AvgIpc) is 3.28. The molecule has 1 saturated heterocycles. The van der Waals surface area contributed by atoms with Crippen LogP contribution in [0, 0.1) is 0 Å². The molecule has 2 fully saturated rings. The highest BCUT2D eigenvalue weighted by atomic mass is 16.2. The van der Waals surface area contributed by atoms with Gasteiger partial charge in [-0.3, -0.25) is 0 Å². The van der Waals surface area contributed by atoms with Gasteiger partial charge in [0.15, 0.2) is 0 Å². The number of imidazole rings is 1. The van der Waals surface area contributed by atoms with Gasteiger partial charge in [0.25, 0.3) is 0 Å². The lowest BCUT2D eigenvalue weighted by atomic mass is 10.2. The zero-order chi connectivity index (χ0) is 17.2. The molecule has 0 radical (unpaired) electrons. The number of carbonyl (C=O) groups excluding carboxylic acids is 1. The lowest BCUT2D eigenvalue weighted by Crippen LogP contribution is -2.53. The van der Waals surface area contributed by atoms with Crippen LogP contribution < -0.4 is 10.2 Å². The minimum Gasteiger partial charge on any atom is -0.339 e. The van der Waals surface area contributed by atoms with Crippen LogP contribution in [0.4, 0.5) is 10.7 Å². The van der Waals surface area contributed by atoms with Gasteiger partial charge in [0.2, 0.25) is 5.95 Å². The first-order valence-electron chi connectivity index (χ1n) is 9.52.